The second-order valence-electron chi connectivity index (χ2n) is 9.70. The van der Waals surface area contributed by atoms with Gasteiger partial charge >= 0.3 is 11.9 Å². The first kappa shape index (κ1) is 24.5. The first-order valence-corrected chi connectivity index (χ1v) is 12.9. The van der Waals surface area contributed by atoms with Crippen molar-refractivity contribution in [1.29, 1.82) is 0 Å². The van der Waals surface area contributed by atoms with Gasteiger partial charge in [0.05, 0.1) is 16.5 Å². The molecule has 0 unspecified atom stereocenters. The molecule has 4 aromatic carbocycles. The van der Waals surface area contributed by atoms with Gasteiger partial charge in [0.2, 0.25) is 0 Å². The van der Waals surface area contributed by atoms with Gasteiger partial charge in [-0.3, -0.25) is 0 Å². The van der Waals surface area contributed by atoms with Crippen molar-refractivity contribution in [1.82, 2.24) is 0 Å². The molecule has 4 aromatic rings. The number of carboxylic acid groups (broad SMARTS) is 2. The molecular weight excluding hydrogens is 460 g/mol. The summed E-state index contributed by atoms with van der Waals surface area (Å²) in [6.45, 7) is 4.10. The van der Waals surface area contributed by atoms with Crippen LogP contribution in [0.25, 0.3) is 11.1 Å². The average molecular weight is 491 g/mol. The minimum atomic E-state index is -0.924. The summed E-state index contributed by atoms with van der Waals surface area (Å²) in [6.07, 6.45) is 2.98. The van der Waals surface area contributed by atoms with Gasteiger partial charge < -0.3 is 10.2 Å². The van der Waals surface area contributed by atoms with Gasteiger partial charge in [0.15, 0.2) is 0 Å². The van der Waals surface area contributed by atoms with E-state index in [2.05, 4.69) is 50.2 Å². The Morgan fingerprint density at radius 1 is 0.622 bits per heavy atom. The first-order chi connectivity index (χ1) is 17.9. The van der Waals surface area contributed by atoms with Crippen molar-refractivity contribution in [3.05, 3.63) is 129 Å². The maximum Gasteiger partial charge on any atom is 0.335 e. The van der Waals surface area contributed by atoms with Gasteiger partial charge in [-0.2, -0.15) is 0 Å². The molecule has 0 atom stereocenters. The average Bonchev–Trinajstić information content (AvgIpc) is 3.20. The molecule has 186 valence electrons. The maximum absolute atomic E-state index is 12.0. The van der Waals surface area contributed by atoms with E-state index in [1.807, 2.05) is 36.4 Å². The summed E-state index contributed by atoms with van der Waals surface area (Å²) in [5, 5.41) is 19.7. The summed E-state index contributed by atoms with van der Waals surface area (Å²) in [5.41, 5.74) is 8.06. The summed E-state index contributed by atoms with van der Waals surface area (Å²) in [4.78, 5) is 24.1. The molecular formula is C33H30O4. The molecule has 0 spiro atoms. The second kappa shape index (κ2) is 9.70. The van der Waals surface area contributed by atoms with Crippen molar-refractivity contribution >= 4 is 11.9 Å². The standard InChI is InChI=1S/C33H30O4/c1-3-9-21-19-23(15-17-25(21)31(34)35)33(24-16-18-26(32(36)37)22(20-24)10-4-2)29-13-7-5-11-27(29)28-12-6-8-14-30(28)33/h5-8,11-20H,3-4,9-10H2,1-2H3,(H,34,35)(H,36,37). The molecule has 0 saturated carbocycles. The topological polar surface area (TPSA) is 74.6 Å². The molecule has 0 saturated heterocycles. The number of aromatic carboxylic acids is 2. The van der Waals surface area contributed by atoms with Crippen molar-refractivity contribution in [2.24, 2.45) is 0 Å². The van der Waals surface area contributed by atoms with Crippen LogP contribution in [0.15, 0.2) is 84.9 Å². The lowest BCUT2D eigenvalue weighted by Gasteiger charge is -2.35. The number of hydrogen-bond acceptors (Lipinski definition) is 2. The molecule has 0 amide bonds. The van der Waals surface area contributed by atoms with Gasteiger partial charge in [0.1, 0.15) is 0 Å². The number of hydrogen-bond donors (Lipinski definition) is 2. The highest BCUT2D eigenvalue weighted by Crippen LogP contribution is 2.56. The number of benzene rings is 4. The molecule has 0 aliphatic heterocycles. The van der Waals surface area contributed by atoms with E-state index in [1.54, 1.807) is 12.1 Å². The van der Waals surface area contributed by atoms with E-state index in [0.717, 1.165) is 57.3 Å². The molecule has 0 heterocycles. The number of carbonyl (C=O) groups is 2. The number of aryl methyl sites for hydroxylation is 2. The highest BCUT2D eigenvalue weighted by atomic mass is 16.4. The van der Waals surface area contributed by atoms with Crippen LogP contribution in [-0.4, -0.2) is 22.2 Å². The van der Waals surface area contributed by atoms with Crippen LogP contribution >= 0.6 is 0 Å². The number of fused-ring (bicyclic) bond motifs is 3. The largest absolute Gasteiger partial charge is 0.478 e. The van der Waals surface area contributed by atoms with Gasteiger partial charge in [-0.15, -0.1) is 0 Å². The number of rotatable bonds is 8. The summed E-state index contributed by atoms with van der Waals surface area (Å²) >= 11 is 0. The Labute approximate surface area is 217 Å². The van der Waals surface area contributed by atoms with Gasteiger partial charge in [-0.25, -0.2) is 9.59 Å². The molecule has 0 fully saturated rings. The molecule has 1 aliphatic rings. The van der Waals surface area contributed by atoms with Crippen molar-refractivity contribution in [2.45, 2.75) is 44.9 Å². The van der Waals surface area contributed by atoms with Gasteiger partial charge in [0.25, 0.3) is 0 Å². The minimum Gasteiger partial charge on any atom is -0.478 e. The summed E-state index contributed by atoms with van der Waals surface area (Å²) < 4.78 is 0. The van der Waals surface area contributed by atoms with Gasteiger partial charge in [-0.1, -0.05) is 99.5 Å². The Bertz CT molecular complexity index is 1400. The van der Waals surface area contributed by atoms with Crippen LogP contribution in [0, 0.1) is 0 Å². The molecule has 4 heteroatoms. The van der Waals surface area contributed by atoms with Gasteiger partial charge in [-0.05, 0) is 69.5 Å². The van der Waals surface area contributed by atoms with Gasteiger partial charge in [0, 0.05) is 0 Å². The maximum atomic E-state index is 12.0. The van der Waals surface area contributed by atoms with E-state index in [4.69, 9.17) is 0 Å². The zero-order valence-electron chi connectivity index (χ0n) is 21.1. The zero-order valence-corrected chi connectivity index (χ0v) is 21.1. The fourth-order valence-corrected chi connectivity index (χ4v) is 6.05. The molecule has 2 N–H and O–H groups in total. The lowest BCUT2D eigenvalue weighted by molar-refractivity contribution is 0.0684. The van der Waals surface area contributed by atoms with Crippen LogP contribution in [0.5, 0.6) is 0 Å². The minimum absolute atomic E-state index is 0.327. The van der Waals surface area contributed by atoms with Crippen LogP contribution in [0.1, 0.15) is 80.8 Å². The Hall–Kier alpha value is -4.18. The summed E-state index contributed by atoms with van der Waals surface area (Å²) in [7, 11) is 0. The van der Waals surface area contributed by atoms with E-state index in [-0.39, 0.29) is 0 Å². The molecule has 0 radical (unpaired) electrons. The Morgan fingerprint density at radius 3 is 1.41 bits per heavy atom. The Kier molecular flexibility index (Phi) is 6.43. The highest BCUT2D eigenvalue weighted by Gasteiger charge is 2.46. The zero-order chi connectivity index (χ0) is 26.2. The molecule has 5 rings (SSSR count). The summed E-state index contributed by atoms with van der Waals surface area (Å²) in [6, 6.07) is 28.1. The lowest BCUT2D eigenvalue weighted by Crippen LogP contribution is -2.29. The Morgan fingerprint density at radius 2 is 1.03 bits per heavy atom. The third-order valence-electron chi connectivity index (χ3n) is 7.53. The quantitative estimate of drug-likeness (QED) is 0.238. The molecule has 1 aliphatic carbocycles. The van der Waals surface area contributed by atoms with Crippen LogP contribution < -0.4 is 0 Å². The predicted octanol–water partition coefficient (Wildman–Crippen LogP) is 7.35. The lowest BCUT2D eigenvalue weighted by atomic mass is 9.66. The number of carboxylic acids is 2. The van der Waals surface area contributed by atoms with E-state index in [0.29, 0.717) is 24.0 Å². The molecule has 4 nitrogen and oxygen atoms in total. The van der Waals surface area contributed by atoms with Crippen molar-refractivity contribution < 1.29 is 19.8 Å². The molecule has 0 bridgehead atoms. The highest BCUT2D eigenvalue weighted by molar-refractivity contribution is 5.92. The summed E-state index contributed by atoms with van der Waals surface area (Å²) in [5.74, 6) is -1.85. The SMILES string of the molecule is CCCc1cc(C2(c3ccc(C(=O)O)c(CCC)c3)c3ccccc3-c3ccccc32)ccc1C(=O)O. The molecule has 37 heavy (non-hydrogen) atoms. The molecule has 0 aromatic heterocycles. The predicted molar refractivity (Wildman–Crippen MR) is 146 cm³/mol. The van der Waals surface area contributed by atoms with Crippen molar-refractivity contribution in [3.8, 4) is 11.1 Å². The second-order valence-corrected chi connectivity index (χ2v) is 9.70. The van der Waals surface area contributed by atoms with E-state index in [1.165, 1.54) is 0 Å². The normalized spacial score (nSPS) is 13.1. The van der Waals surface area contributed by atoms with Crippen LogP contribution in [0.3, 0.4) is 0 Å². The van der Waals surface area contributed by atoms with Crippen LogP contribution in [0.2, 0.25) is 0 Å². The third kappa shape index (κ3) is 3.84. The van der Waals surface area contributed by atoms with E-state index < -0.39 is 17.4 Å². The van der Waals surface area contributed by atoms with Crippen LogP contribution in [0.4, 0.5) is 0 Å². The van der Waals surface area contributed by atoms with Crippen molar-refractivity contribution in [3.63, 3.8) is 0 Å². The van der Waals surface area contributed by atoms with E-state index >= 15 is 0 Å². The first-order valence-electron chi connectivity index (χ1n) is 12.9. The van der Waals surface area contributed by atoms with Crippen LogP contribution in [-0.2, 0) is 18.3 Å². The fraction of sp³-hybridized carbons (Fsp3) is 0.212. The van der Waals surface area contributed by atoms with E-state index in [9.17, 15) is 19.8 Å². The third-order valence-corrected chi connectivity index (χ3v) is 7.53. The monoisotopic (exact) mass is 490 g/mol. The smallest absolute Gasteiger partial charge is 0.335 e. The Balaban J connectivity index is 1.91. The van der Waals surface area contributed by atoms with Crippen molar-refractivity contribution in [2.75, 3.05) is 0 Å². The fourth-order valence-electron chi connectivity index (χ4n) is 6.05.